The largest absolute Gasteiger partial charge is 0.383 e. The molecule has 80 valence electrons. The van der Waals surface area contributed by atoms with E-state index in [0.717, 1.165) is 25.4 Å². The van der Waals surface area contributed by atoms with E-state index in [1.807, 2.05) is 16.9 Å². The number of hydrogen-bond acceptors (Lipinski definition) is 3. The van der Waals surface area contributed by atoms with Gasteiger partial charge in [0.2, 0.25) is 0 Å². The fraction of sp³-hybridized carbons (Fsp3) is 0.700. The summed E-state index contributed by atoms with van der Waals surface area (Å²) in [5, 5.41) is 7.67. The second-order valence-electron chi connectivity index (χ2n) is 3.55. The monoisotopic (exact) mass is 197 g/mol. The molecule has 0 bridgehead atoms. The maximum Gasteiger partial charge on any atom is 0.0762 e. The van der Waals surface area contributed by atoms with E-state index in [9.17, 15) is 0 Å². The summed E-state index contributed by atoms with van der Waals surface area (Å²) >= 11 is 0. The molecule has 0 aliphatic rings. The number of nitrogens with zero attached hydrogens (tertiary/aromatic N) is 2. The molecule has 1 N–H and O–H groups in total. The van der Waals surface area contributed by atoms with Gasteiger partial charge in [0.15, 0.2) is 0 Å². The summed E-state index contributed by atoms with van der Waals surface area (Å²) in [5.41, 5.74) is 1.08. The molecular weight excluding hydrogens is 178 g/mol. The molecule has 0 radical (unpaired) electrons. The van der Waals surface area contributed by atoms with Gasteiger partial charge in [0.05, 0.1) is 12.3 Å². The maximum absolute atomic E-state index is 4.94. The van der Waals surface area contributed by atoms with Crippen LogP contribution in [0.3, 0.4) is 0 Å². The van der Waals surface area contributed by atoms with Gasteiger partial charge in [0.1, 0.15) is 0 Å². The number of aromatic nitrogens is 2. The van der Waals surface area contributed by atoms with Gasteiger partial charge in [-0.15, -0.1) is 0 Å². The lowest BCUT2D eigenvalue weighted by Crippen LogP contribution is -2.19. The Morgan fingerprint density at radius 2 is 2.36 bits per heavy atom. The van der Waals surface area contributed by atoms with Crippen molar-refractivity contribution in [1.82, 2.24) is 15.1 Å². The predicted molar refractivity (Wildman–Crippen MR) is 56.2 cm³/mol. The predicted octanol–water partition coefficient (Wildman–Crippen LogP) is 1.20. The second-order valence-corrected chi connectivity index (χ2v) is 3.55. The summed E-state index contributed by atoms with van der Waals surface area (Å²) in [7, 11) is 1.70. The first-order valence-corrected chi connectivity index (χ1v) is 4.97. The fourth-order valence-corrected chi connectivity index (χ4v) is 1.15. The van der Waals surface area contributed by atoms with Gasteiger partial charge in [-0.3, -0.25) is 4.68 Å². The first-order valence-electron chi connectivity index (χ1n) is 4.97. The summed E-state index contributed by atoms with van der Waals surface area (Å²) in [6, 6.07) is 2.47. The summed E-state index contributed by atoms with van der Waals surface area (Å²) in [6.45, 7) is 6.66. The molecule has 1 aromatic heterocycles. The minimum Gasteiger partial charge on any atom is -0.383 e. The molecule has 4 heteroatoms. The highest BCUT2D eigenvalue weighted by molar-refractivity contribution is 4.98. The van der Waals surface area contributed by atoms with Crippen LogP contribution >= 0.6 is 0 Å². The molecule has 0 aromatic carbocycles. The highest BCUT2D eigenvalue weighted by atomic mass is 16.5. The van der Waals surface area contributed by atoms with Crippen molar-refractivity contribution in [2.24, 2.45) is 0 Å². The van der Waals surface area contributed by atoms with Crippen molar-refractivity contribution in [2.45, 2.75) is 26.4 Å². The highest BCUT2D eigenvalue weighted by Gasteiger charge is 2.00. The Balaban J connectivity index is 2.29. The molecule has 14 heavy (non-hydrogen) atoms. The lowest BCUT2D eigenvalue weighted by Gasteiger charge is -2.04. The van der Waals surface area contributed by atoms with Gasteiger partial charge < -0.3 is 10.1 Å². The number of nitrogens with one attached hydrogen (secondary N) is 1. The molecule has 0 unspecified atom stereocenters. The van der Waals surface area contributed by atoms with Crippen LogP contribution in [0.4, 0.5) is 0 Å². The number of hydrogen-bond donors (Lipinski definition) is 1. The van der Waals surface area contributed by atoms with E-state index in [1.165, 1.54) is 0 Å². The first kappa shape index (κ1) is 11.2. The Morgan fingerprint density at radius 3 is 2.93 bits per heavy atom. The van der Waals surface area contributed by atoms with Gasteiger partial charge in [-0.2, -0.15) is 5.10 Å². The SMILES string of the molecule is COCCNCc1ccn(C(C)C)n1. The average Bonchev–Trinajstić information content (AvgIpc) is 2.61. The number of ether oxygens (including phenoxy) is 1. The molecular formula is C10H19N3O. The van der Waals surface area contributed by atoms with Crippen LogP contribution in [0.15, 0.2) is 12.3 Å². The Hall–Kier alpha value is -0.870. The standard InChI is InChI=1S/C10H19N3O/c1-9(2)13-6-4-10(12-13)8-11-5-7-14-3/h4,6,9,11H,5,7-8H2,1-3H3. The summed E-state index contributed by atoms with van der Waals surface area (Å²) < 4.78 is 6.90. The van der Waals surface area contributed by atoms with Crippen molar-refractivity contribution < 1.29 is 4.74 Å². The quantitative estimate of drug-likeness (QED) is 0.696. The molecule has 4 nitrogen and oxygen atoms in total. The lowest BCUT2D eigenvalue weighted by molar-refractivity contribution is 0.199. The van der Waals surface area contributed by atoms with E-state index in [-0.39, 0.29) is 0 Å². The summed E-state index contributed by atoms with van der Waals surface area (Å²) in [5.74, 6) is 0. The second kappa shape index (κ2) is 5.78. The number of methoxy groups -OCH3 is 1. The smallest absolute Gasteiger partial charge is 0.0762 e. The van der Waals surface area contributed by atoms with Crippen molar-refractivity contribution in [2.75, 3.05) is 20.3 Å². The van der Waals surface area contributed by atoms with Gasteiger partial charge in [0.25, 0.3) is 0 Å². The minimum absolute atomic E-state index is 0.433. The van der Waals surface area contributed by atoms with Gasteiger partial charge >= 0.3 is 0 Å². The molecule has 0 aliphatic carbocycles. The van der Waals surface area contributed by atoms with Crippen LogP contribution in [0.5, 0.6) is 0 Å². The van der Waals surface area contributed by atoms with Crippen molar-refractivity contribution in [3.8, 4) is 0 Å². The third kappa shape index (κ3) is 3.47. The van der Waals surface area contributed by atoms with Crippen molar-refractivity contribution in [1.29, 1.82) is 0 Å². The summed E-state index contributed by atoms with van der Waals surface area (Å²) in [6.07, 6.45) is 2.01. The molecule has 0 aliphatic heterocycles. The molecule has 0 saturated heterocycles. The first-order chi connectivity index (χ1) is 6.74. The zero-order valence-electron chi connectivity index (χ0n) is 9.16. The van der Waals surface area contributed by atoms with Crippen molar-refractivity contribution in [3.63, 3.8) is 0 Å². The molecule has 0 spiro atoms. The topological polar surface area (TPSA) is 39.1 Å². The van der Waals surface area contributed by atoms with Crippen LogP contribution in [0.25, 0.3) is 0 Å². The fourth-order valence-electron chi connectivity index (χ4n) is 1.15. The molecule has 1 rings (SSSR count). The zero-order chi connectivity index (χ0) is 10.4. The van der Waals surface area contributed by atoms with Crippen LogP contribution in [-0.2, 0) is 11.3 Å². The van der Waals surface area contributed by atoms with Crippen LogP contribution in [0.1, 0.15) is 25.6 Å². The molecule has 1 heterocycles. The van der Waals surface area contributed by atoms with Crippen LogP contribution < -0.4 is 5.32 Å². The molecule has 0 atom stereocenters. The van der Waals surface area contributed by atoms with Gasteiger partial charge in [-0.05, 0) is 19.9 Å². The van der Waals surface area contributed by atoms with E-state index in [0.29, 0.717) is 6.04 Å². The van der Waals surface area contributed by atoms with Crippen LogP contribution in [0.2, 0.25) is 0 Å². The van der Waals surface area contributed by atoms with E-state index in [4.69, 9.17) is 4.74 Å². The van der Waals surface area contributed by atoms with E-state index in [2.05, 4.69) is 24.3 Å². The highest BCUT2D eigenvalue weighted by Crippen LogP contribution is 2.03. The zero-order valence-corrected chi connectivity index (χ0v) is 9.16. The Kier molecular flexibility index (Phi) is 4.62. The third-order valence-electron chi connectivity index (χ3n) is 1.98. The van der Waals surface area contributed by atoms with Gasteiger partial charge in [0, 0.05) is 32.4 Å². The van der Waals surface area contributed by atoms with E-state index in [1.54, 1.807) is 7.11 Å². The Morgan fingerprint density at radius 1 is 1.57 bits per heavy atom. The van der Waals surface area contributed by atoms with Crippen LogP contribution in [-0.4, -0.2) is 30.0 Å². The van der Waals surface area contributed by atoms with Gasteiger partial charge in [-0.25, -0.2) is 0 Å². The Bertz CT molecular complexity index is 258. The minimum atomic E-state index is 0.433. The average molecular weight is 197 g/mol. The van der Waals surface area contributed by atoms with Crippen molar-refractivity contribution >= 4 is 0 Å². The van der Waals surface area contributed by atoms with Crippen molar-refractivity contribution in [3.05, 3.63) is 18.0 Å². The van der Waals surface area contributed by atoms with Crippen LogP contribution in [0, 0.1) is 0 Å². The van der Waals surface area contributed by atoms with E-state index < -0.39 is 0 Å². The molecule has 1 aromatic rings. The molecule has 0 amide bonds. The molecule has 0 fully saturated rings. The summed E-state index contributed by atoms with van der Waals surface area (Å²) in [4.78, 5) is 0. The normalized spacial score (nSPS) is 11.1. The lowest BCUT2D eigenvalue weighted by atomic mass is 10.4. The Labute approximate surface area is 85.3 Å². The number of rotatable bonds is 6. The molecule has 0 saturated carbocycles. The third-order valence-corrected chi connectivity index (χ3v) is 1.98. The maximum atomic E-state index is 4.94. The van der Waals surface area contributed by atoms with E-state index >= 15 is 0 Å². The van der Waals surface area contributed by atoms with Gasteiger partial charge in [-0.1, -0.05) is 0 Å².